The molecular formula is C24H17N3O4. The number of nitrogens with zero attached hydrogens (tertiary/aromatic N) is 3. The molecular weight excluding hydrogens is 394 g/mol. The van der Waals surface area contributed by atoms with Gasteiger partial charge in [0.2, 0.25) is 5.89 Å². The fraction of sp³-hybridized carbons (Fsp3) is 0.0833. The molecule has 5 aromatic rings. The van der Waals surface area contributed by atoms with Crippen LogP contribution in [0.25, 0.3) is 33.7 Å². The third kappa shape index (κ3) is 3.81. The number of fused-ring (bicyclic) bond motifs is 1. The maximum atomic E-state index is 12.6. The first-order chi connectivity index (χ1) is 15.2. The summed E-state index contributed by atoms with van der Waals surface area (Å²) in [5.74, 6) is 0.705. The molecule has 5 rings (SSSR count). The van der Waals surface area contributed by atoms with Gasteiger partial charge in [-0.25, -0.2) is 4.79 Å². The van der Waals surface area contributed by atoms with Crippen LogP contribution >= 0.6 is 0 Å². The van der Waals surface area contributed by atoms with Gasteiger partial charge in [-0.3, -0.25) is 0 Å². The lowest BCUT2D eigenvalue weighted by Crippen LogP contribution is -2.05. The zero-order valence-electron chi connectivity index (χ0n) is 16.6. The van der Waals surface area contributed by atoms with E-state index in [0.717, 1.165) is 22.1 Å². The summed E-state index contributed by atoms with van der Waals surface area (Å²) in [6.07, 6.45) is 0. The molecule has 0 saturated carbocycles. The number of rotatable bonds is 5. The first kappa shape index (κ1) is 18.7. The summed E-state index contributed by atoms with van der Waals surface area (Å²) in [6, 6.07) is 22.4. The maximum absolute atomic E-state index is 12.6. The van der Waals surface area contributed by atoms with Gasteiger partial charge in [0.15, 0.2) is 12.4 Å². The minimum atomic E-state index is -0.502. The normalized spacial score (nSPS) is 11.0. The average molecular weight is 411 g/mol. The zero-order valence-corrected chi connectivity index (χ0v) is 16.6. The topological polar surface area (TPSA) is 91.2 Å². The highest BCUT2D eigenvalue weighted by molar-refractivity contribution is 5.98. The minimum absolute atomic E-state index is 0.120. The van der Waals surface area contributed by atoms with Crippen LogP contribution in [0.2, 0.25) is 0 Å². The van der Waals surface area contributed by atoms with Crippen molar-refractivity contribution >= 4 is 16.9 Å². The Bertz CT molecular complexity index is 1370. The molecule has 0 unspecified atom stereocenters. The number of carbonyl (C=O) groups excluding carboxylic acids is 1. The highest BCUT2D eigenvalue weighted by Gasteiger charge is 2.16. The van der Waals surface area contributed by atoms with E-state index in [1.165, 1.54) is 0 Å². The van der Waals surface area contributed by atoms with Crippen LogP contribution in [-0.4, -0.2) is 21.3 Å². The van der Waals surface area contributed by atoms with Gasteiger partial charge in [0.25, 0.3) is 5.89 Å². The van der Waals surface area contributed by atoms with E-state index in [4.69, 9.17) is 13.7 Å². The van der Waals surface area contributed by atoms with Crippen molar-refractivity contribution in [1.29, 1.82) is 0 Å². The number of esters is 1. The van der Waals surface area contributed by atoms with Crippen LogP contribution in [0.5, 0.6) is 0 Å². The Balaban J connectivity index is 1.33. The Morgan fingerprint density at radius 1 is 0.935 bits per heavy atom. The number of hydrogen-bond donors (Lipinski definition) is 0. The van der Waals surface area contributed by atoms with Crippen LogP contribution in [0.15, 0.2) is 81.7 Å². The molecule has 3 aromatic carbocycles. The van der Waals surface area contributed by atoms with Gasteiger partial charge in [-0.2, -0.15) is 0 Å². The van der Waals surface area contributed by atoms with Crippen LogP contribution < -0.4 is 0 Å². The van der Waals surface area contributed by atoms with Gasteiger partial charge < -0.3 is 13.7 Å². The smallest absolute Gasteiger partial charge is 0.338 e. The van der Waals surface area contributed by atoms with E-state index in [2.05, 4.69) is 15.4 Å². The van der Waals surface area contributed by atoms with E-state index in [9.17, 15) is 4.79 Å². The first-order valence-corrected chi connectivity index (χ1v) is 9.69. The molecule has 0 aliphatic carbocycles. The monoisotopic (exact) mass is 411 g/mol. The number of hydrogen-bond acceptors (Lipinski definition) is 7. The van der Waals surface area contributed by atoms with Crippen molar-refractivity contribution < 1.29 is 18.5 Å². The van der Waals surface area contributed by atoms with Crippen molar-refractivity contribution in [1.82, 2.24) is 15.4 Å². The molecule has 7 heteroatoms. The van der Waals surface area contributed by atoms with Crippen LogP contribution in [0, 0.1) is 6.92 Å². The largest absolute Gasteiger partial charge is 0.452 e. The Hall–Kier alpha value is -4.26. The molecule has 152 valence electrons. The summed E-state index contributed by atoms with van der Waals surface area (Å²) in [4.78, 5) is 12.6. The van der Waals surface area contributed by atoms with Crippen molar-refractivity contribution in [2.45, 2.75) is 13.5 Å². The number of ether oxygens (including phenoxy) is 1. The number of aryl methyl sites for hydroxylation is 1. The molecule has 0 amide bonds. The summed E-state index contributed by atoms with van der Waals surface area (Å²) in [5.41, 5.74) is 3.82. The van der Waals surface area contributed by atoms with E-state index < -0.39 is 5.97 Å². The SMILES string of the molecule is Cc1cccc(-c2nnc(COC(=O)c3ccc4noc(-c5ccccc5)c4c3)o2)c1. The lowest BCUT2D eigenvalue weighted by molar-refractivity contribution is 0.0439. The molecule has 0 N–H and O–H groups in total. The fourth-order valence-corrected chi connectivity index (χ4v) is 3.28. The summed E-state index contributed by atoms with van der Waals surface area (Å²) >= 11 is 0. The Morgan fingerprint density at radius 2 is 1.77 bits per heavy atom. The Kier molecular flexibility index (Phi) is 4.76. The molecule has 0 radical (unpaired) electrons. The fourth-order valence-electron chi connectivity index (χ4n) is 3.28. The number of benzene rings is 3. The van der Waals surface area contributed by atoms with Gasteiger partial charge in [-0.05, 0) is 37.3 Å². The number of carbonyl (C=O) groups is 1. The van der Waals surface area contributed by atoms with Crippen molar-refractivity contribution in [2.24, 2.45) is 0 Å². The summed E-state index contributed by atoms with van der Waals surface area (Å²) in [5, 5.41) is 12.8. The van der Waals surface area contributed by atoms with Crippen molar-refractivity contribution in [3.63, 3.8) is 0 Å². The Morgan fingerprint density at radius 3 is 2.61 bits per heavy atom. The molecule has 31 heavy (non-hydrogen) atoms. The van der Waals surface area contributed by atoms with Gasteiger partial charge in [-0.1, -0.05) is 53.2 Å². The lowest BCUT2D eigenvalue weighted by atomic mass is 10.1. The Labute approximate surface area is 177 Å². The van der Waals surface area contributed by atoms with E-state index in [0.29, 0.717) is 22.7 Å². The van der Waals surface area contributed by atoms with Crippen molar-refractivity contribution in [2.75, 3.05) is 0 Å². The van der Waals surface area contributed by atoms with Crippen molar-refractivity contribution in [3.05, 3.63) is 89.8 Å². The van der Waals surface area contributed by atoms with Crippen molar-refractivity contribution in [3.8, 4) is 22.8 Å². The van der Waals surface area contributed by atoms with Gasteiger partial charge in [-0.15, -0.1) is 10.2 Å². The second-order valence-electron chi connectivity index (χ2n) is 7.06. The molecule has 0 aliphatic heterocycles. The molecule has 0 atom stereocenters. The molecule has 2 heterocycles. The van der Waals surface area contributed by atoms with Crippen LogP contribution in [-0.2, 0) is 11.3 Å². The maximum Gasteiger partial charge on any atom is 0.338 e. The van der Waals surface area contributed by atoms with Gasteiger partial charge in [0.05, 0.1) is 10.9 Å². The molecule has 0 fully saturated rings. The van der Waals surface area contributed by atoms with E-state index in [1.807, 2.05) is 61.5 Å². The molecule has 2 aromatic heterocycles. The van der Waals surface area contributed by atoms with Crippen LogP contribution in [0.3, 0.4) is 0 Å². The highest BCUT2D eigenvalue weighted by atomic mass is 16.5. The highest BCUT2D eigenvalue weighted by Crippen LogP contribution is 2.29. The summed E-state index contributed by atoms with van der Waals surface area (Å²) < 4.78 is 16.5. The van der Waals surface area contributed by atoms with Crippen LogP contribution in [0.1, 0.15) is 21.8 Å². The third-order valence-corrected chi connectivity index (χ3v) is 4.81. The van der Waals surface area contributed by atoms with Gasteiger partial charge in [0, 0.05) is 11.1 Å². The number of aromatic nitrogens is 3. The third-order valence-electron chi connectivity index (χ3n) is 4.81. The standard InChI is InChI=1S/C24H17N3O4/c1-15-6-5-9-17(12-15)23-26-25-21(30-23)14-29-24(28)18-10-11-20-19(13-18)22(31-27-20)16-7-3-2-4-8-16/h2-13H,14H2,1H3. The molecule has 0 spiro atoms. The zero-order chi connectivity index (χ0) is 21.2. The first-order valence-electron chi connectivity index (χ1n) is 9.69. The molecule has 0 aliphatic rings. The average Bonchev–Trinajstić information content (AvgIpc) is 3.45. The second kappa shape index (κ2) is 7.87. The van der Waals surface area contributed by atoms with Gasteiger partial charge in [0.1, 0.15) is 5.52 Å². The predicted molar refractivity (Wildman–Crippen MR) is 113 cm³/mol. The quantitative estimate of drug-likeness (QED) is 0.367. The molecule has 0 saturated heterocycles. The van der Waals surface area contributed by atoms with E-state index >= 15 is 0 Å². The van der Waals surface area contributed by atoms with Gasteiger partial charge >= 0.3 is 5.97 Å². The molecule has 0 bridgehead atoms. The second-order valence-corrected chi connectivity index (χ2v) is 7.06. The summed E-state index contributed by atoms with van der Waals surface area (Å²) in [7, 11) is 0. The van der Waals surface area contributed by atoms with E-state index in [1.54, 1.807) is 18.2 Å². The molecule has 7 nitrogen and oxygen atoms in total. The summed E-state index contributed by atoms with van der Waals surface area (Å²) in [6.45, 7) is 1.86. The minimum Gasteiger partial charge on any atom is -0.452 e. The van der Waals surface area contributed by atoms with Crippen LogP contribution in [0.4, 0.5) is 0 Å². The lowest BCUT2D eigenvalue weighted by Gasteiger charge is -2.03. The van der Waals surface area contributed by atoms with E-state index in [-0.39, 0.29) is 12.5 Å². The predicted octanol–water partition coefficient (Wildman–Crippen LogP) is 5.21.